The van der Waals surface area contributed by atoms with Crippen LogP contribution in [0.2, 0.25) is 0 Å². The summed E-state index contributed by atoms with van der Waals surface area (Å²) in [7, 11) is 0. The molecule has 15 heavy (non-hydrogen) atoms. The van der Waals surface area contributed by atoms with Crippen LogP contribution in [0.1, 0.15) is 29.8 Å². The van der Waals surface area contributed by atoms with E-state index in [9.17, 15) is 9.90 Å². The molecular weight excluding hydrogens is 194 g/mol. The van der Waals surface area contributed by atoms with E-state index < -0.39 is 5.97 Å². The first-order chi connectivity index (χ1) is 7.11. The summed E-state index contributed by atoms with van der Waals surface area (Å²) in [4.78, 5) is 11.4. The molecule has 0 unspecified atom stereocenters. The van der Waals surface area contributed by atoms with Crippen LogP contribution in [0.5, 0.6) is 5.75 Å². The van der Waals surface area contributed by atoms with Crippen LogP contribution in [0.3, 0.4) is 0 Å². The summed E-state index contributed by atoms with van der Waals surface area (Å²) in [5.41, 5.74) is 6.86. The number of rotatable bonds is 3. The maximum absolute atomic E-state index is 11.4. The molecule has 0 aliphatic heterocycles. The van der Waals surface area contributed by atoms with Gasteiger partial charge in [-0.05, 0) is 25.0 Å². The van der Waals surface area contributed by atoms with Gasteiger partial charge in [0.15, 0.2) is 5.75 Å². The third-order valence-corrected chi connectivity index (χ3v) is 2.18. The van der Waals surface area contributed by atoms with E-state index in [0.29, 0.717) is 6.42 Å². The predicted molar refractivity (Wildman–Crippen MR) is 57.9 cm³/mol. The highest BCUT2D eigenvalue weighted by Gasteiger charge is 2.15. The third kappa shape index (κ3) is 2.21. The van der Waals surface area contributed by atoms with E-state index in [1.807, 2.05) is 6.92 Å². The Labute approximate surface area is 88.7 Å². The summed E-state index contributed by atoms with van der Waals surface area (Å²) in [5, 5.41) is 9.68. The van der Waals surface area contributed by atoms with Crippen molar-refractivity contribution in [2.75, 3.05) is 12.3 Å². The van der Waals surface area contributed by atoms with Crippen molar-refractivity contribution in [3.8, 4) is 5.75 Å². The Morgan fingerprint density at radius 1 is 1.47 bits per heavy atom. The molecule has 0 bridgehead atoms. The molecule has 0 amide bonds. The highest BCUT2D eigenvalue weighted by atomic mass is 16.5. The average Bonchev–Trinajstić information content (AvgIpc) is 2.22. The number of carbonyl (C=O) groups excluding carboxylic acids is 1. The number of hydrogen-bond acceptors (Lipinski definition) is 4. The Balaban J connectivity index is 3.11. The highest BCUT2D eigenvalue weighted by molar-refractivity contribution is 5.94. The Morgan fingerprint density at radius 3 is 2.67 bits per heavy atom. The van der Waals surface area contributed by atoms with Crippen LogP contribution in [0.4, 0.5) is 5.69 Å². The normalized spacial score (nSPS) is 10.0. The average molecular weight is 209 g/mol. The Kier molecular flexibility index (Phi) is 3.55. The fraction of sp³-hybridized carbons (Fsp3) is 0.364. The number of phenols is 1. The van der Waals surface area contributed by atoms with Crippen molar-refractivity contribution in [3.63, 3.8) is 0 Å². The summed E-state index contributed by atoms with van der Waals surface area (Å²) in [5.74, 6) is -0.739. The van der Waals surface area contributed by atoms with Crippen molar-refractivity contribution in [2.24, 2.45) is 0 Å². The molecule has 1 aromatic rings. The summed E-state index contributed by atoms with van der Waals surface area (Å²) in [6, 6.07) is 3.25. The molecule has 0 spiro atoms. The van der Waals surface area contributed by atoms with E-state index in [1.54, 1.807) is 13.0 Å². The smallest absolute Gasteiger partial charge is 0.341 e. The number of carbonyl (C=O) groups is 1. The van der Waals surface area contributed by atoms with E-state index in [2.05, 4.69) is 0 Å². The second-order valence-corrected chi connectivity index (χ2v) is 3.11. The van der Waals surface area contributed by atoms with Gasteiger partial charge in [0, 0.05) is 0 Å². The first kappa shape index (κ1) is 11.4. The Bertz CT molecular complexity index is 374. The second-order valence-electron chi connectivity index (χ2n) is 3.11. The van der Waals surface area contributed by atoms with E-state index in [4.69, 9.17) is 10.5 Å². The van der Waals surface area contributed by atoms with Crippen molar-refractivity contribution in [1.29, 1.82) is 0 Å². The zero-order valence-corrected chi connectivity index (χ0v) is 8.91. The summed E-state index contributed by atoms with van der Waals surface area (Å²) in [6.45, 7) is 3.90. The minimum atomic E-state index is -0.552. The second kappa shape index (κ2) is 4.68. The van der Waals surface area contributed by atoms with Gasteiger partial charge in [-0.3, -0.25) is 0 Å². The van der Waals surface area contributed by atoms with E-state index in [1.165, 1.54) is 6.07 Å². The van der Waals surface area contributed by atoms with Crippen LogP contribution in [-0.2, 0) is 11.2 Å². The fourth-order valence-electron chi connectivity index (χ4n) is 1.33. The Morgan fingerprint density at radius 2 is 2.13 bits per heavy atom. The lowest BCUT2D eigenvalue weighted by Gasteiger charge is -2.09. The molecule has 0 radical (unpaired) electrons. The van der Waals surface area contributed by atoms with Gasteiger partial charge < -0.3 is 15.6 Å². The number of ether oxygens (including phenoxy) is 1. The van der Waals surface area contributed by atoms with Crippen molar-refractivity contribution in [3.05, 3.63) is 23.3 Å². The van der Waals surface area contributed by atoms with Gasteiger partial charge in [0.25, 0.3) is 0 Å². The number of phenolic OH excluding ortho intramolecular Hbond substituents is 1. The van der Waals surface area contributed by atoms with Crippen molar-refractivity contribution in [1.82, 2.24) is 0 Å². The molecule has 0 aliphatic rings. The molecule has 0 aliphatic carbocycles. The van der Waals surface area contributed by atoms with Gasteiger partial charge in [-0.25, -0.2) is 4.79 Å². The van der Waals surface area contributed by atoms with Crippen LogP contribution < -0.4 is 5.73 Å². The lowest BCUT2D eigenvalue weighted by atomic mass is 10.1. The minimum absolute atomic E-state index is 0.117. The molecule has 1 aromatic carbocycles. The number of hydrogen-bond donors (Lipinski definition) is 2. The van der Waals surface area contributed by atoms with E-state index in [0.717, 1.165) is 5.56 Å². The van der Waals surface area contributed by atoms with Crippen LogP contribution in [0, 0.1) is 0 Å². The molecule has 0 atom stereocenters. The van der Waals surface area contributed by atoms with Gasteiger partial charge >= 0.3 is 5.97 Å². The number of aryl methyl sites for hydroxylation is 1. The zero-order chi connectivity index (χ0) is 11.4. The molecular formula is C11H15NO3. The van der Waals surface area contributed by atoms with Crippen LogP contribution in [0.15, 0.2) is 12.1 Å². The number of esters is 1. The van der Waals surface area contributed by atoms with Crippen LogP contribution in [0.25, 0.3) is 0 Å². The monoisotopic (exact) mass is 209 g/mol. The molecule has 0 heterocycles. The maximum Gasteiger partial charge on any atom is 0.341 e. The molecule has 1 rings (SSSR count). The molecule has 4 nitrogen and oxygen atoms in total. The van der Waals surface area contributed by atoms with Gasteiger partial charge in [0.1, 0.15) is 5.56 Å². The van der Waals surface area contributed by atoms with Crippen molar-refractivity contribution >= 4 is 11.7 Å². The zero-order valence-electron chi connectivity index (χ0n) is 8.91. The molecule has 0 saturated heterocycles. The highest BCUT2D eigenvalue weighted by Crippen LogP contribution is 2.29. The van der Waals surface area contributed by atoms with Crippen molar-refractivity contribution in [2.45, 2.75) is 20.3 Å². The first-order valence-corrected chi connectivity index (χ1v) is 4.89. The molecule has 82 valence electrons. The van der Waals surface area contributed by atoms with Gasteiger partial charge in [-0.2, -0.15) is 0 Å². The summed E-state index contributed by atoms with van der Waals surface area (Å²) in [6.07, 6.45) is 0.711. The van der Waals surface area contributed by atoms with Gasteiger partial charge in [-0.15, -0.1) is 0 Å². The molecule has 4 heteroatoms. The largest absolute Gasteiger partial charge is 0.505 e. The minimum Gasteiger partial charge on any atom is -0.505 e. The van der Waals surface area contributed by atoms with Gasteiger partial charge in [0.05, 0.1) is 12.3 Å². The maximum atomic E-state index is 11.4. The SMILES string of the molecule is CCOC(=O)c1ccc(CC)c(N)c1O. The quantitative estimate of drug-likeness (QED) is 0.451. The fourth-order valence-corrected chi connectivity index (χ4v) is 1.33. The first-order valence-electron chi connectivity index (χ1n) is 4.89. The number of benzene rings is 1. The van der Waals surface area contributed by atoms with Gasteiger partial charge in [-0.1, -0.05) is 13.0 Å². The molecule has 0 saturated carbocycles. The topological polar surface area (TPSA) is 72.5 Å². The number of anilines is 1. The molecule has 0 aromatic heterocycles. The predicted octanol–water partition coefficient (Wildman–Crippen LogP) is 1.71. The van der Waals surface area contributed by atoms with Crippen molar-refractivity contribution < 1.29 is 14.6 Å². The Hall–Kier alpha value is -1.71. The van der Waals surface area contributed by atoms with Crippen LogP contribution in [-0.4, -0.2) is 17.7 Å². The number of aromatic hydroxyl groups is 1. The molecule has 0 fully saturated rings. The summed E-state index contributed by atoms with van der Waals surface area (Å²) < 4.78 is 4.78. The lowest BCUT2D eigenvalue weighted by Crippen LogP contribution is -2.07. The van der Waals surface area contributed by atoms with Gasteiger partial charge in [0.2, 0.25) is 0 Å². The lowest BCUT2D eigenvalue weighted by molar-refractivity contribution is 0.0523. The summed E-state index contributed by atoms with van der Waals surface area (Å²) >= 11 is 0. The molecule has 3 N–H and O–H groups in total. The number of nitrogen functional groups attached to an aromatic ring is 1. The van der Waals surface area contributed by atoms with E-state index >= 15 is 0 Å². The van der Waals surface area contributed by atoms with E-state index in [-0.39, 0.29) is 23.6 Å². The van der Waals surface area contributed by atoms with Crippen LogP contribution >= 0.6 is 0 Å². The third-order valence-electron chi connectivity index (χ3n) is 2.18. The standard InChI is InChI=1S/C11H15NO3/c1-3-7-5-6-8(10(13)9(7)12)11(14)15-4-2/h5-6,13H,3-4,12H2,1-2H3. The number of nitrogens with two attached hydrogens (primary N) is 1.